The highest BCUT2D eigenvalue weighted by molar-refractivity contribution is 6.08. The first-order chi connectivity index (χ1) is 9.97. The Morgan fingerprint density at radius 2 is 1.71 bits per heavy atom. The van der Waals surface area contributed by atoms with Gasteiger partial charge in [-0.15, -0.1) is 0 Å². The summed E-state index contributed by atoms with van der Waals surface area (Å²) in [4.78, 5) is 22.8. The van der Waals surface area contributed by atoms with Crippen molar-refractivity contribution < 1.29 is 24.2 Å². The maximum absolute atomic E-state index is 12.7. The van der Waals surface area contributed by atoms with E-state index in [-0.39, 0.29) is 16.9 Å². The summed E-state index contributed by atoms with van der Waals surface area (Å²) in [5, 5.41) is 18.3. The second-order valence-electron chi connectivity index (χ2n) is 4.29. The van der Waals surface area contributed by atoms with Crippen LogP contribution in [0.2, 0.25) is 0 Å². The fourth-order valence-electron chi connectivity index (χ4n) is 1.70. The Kier molecular flexibility index (Phi) is 4.13. The SMILES string of the molecule is O=C(C=Cc1ccc(F)cc1)c1ccc(O)c(C(=O)O)c1. The van der Waals surface area contributed by atoms with Crippen LogP contribution in [-0.2, 0) is 0 Å². The van der Waals surface area contributed by atoms with Crippen molar-refractivity contribution in [3.05, 3.63) is 71.0 Å². The fourth-order valence-corrected chi connectivity index (χ4v) is 1.70. The first-order valence-electron chi connectivity index (χ1n) is 6.01. The van der Waals surface area contributed by atoms with Crippen LogP contribution in [-0.4, -0.2) is 22.0 Å². The molecule has 106 valence electrons. The van der Waals surface area contributed by atoms with Gasteiger partial charge in [0.1, 0.15) is 17.1 Å². The van der Waals surface area contributed by atoms with Crippen molar-refractivity contribution >= 4 is 17.8 Å². The lowest BCUT2D eigenvalue weighted by Gasteiger charge is -2.01. The van der Waals surface area contributed by atoms with Crippen LogP contribution < -0.4 is 0 Å². The molecule has 0 unspecified atom stereocenters. The zero-order chi connectivity index (χ0) is 15.4. The van der Waals surface area contributed by atoms with Crippen molar-refractivity contribution in [2.24, 2.45) is 0 Å². The monoisotopic (exact) mass is 286 g/mol. The molecule has 0 bridgehead atoms. The fraction of sp³-hybridized carbons (Fsp3) is 0. The van der Waals surface area contributed by atoms with Gasteiger partial charge in [-0.1, -0.05) is 18.2 Å². The summed E-state index contributed by atoms with van der Waals surface area (Å²) in [5.41, 5.74) is 0.446. The third kappa shape index (κ3) is 3.54. The molecule has 21 heavy (non-hydrogen) atoms. The lowest BCUT2D eigenvalue weighted by molar-refractivity contribution is 0.0693. The van der Waals surface area contributed by atoms with Crippen molar-refractivity contribution in [2.45, 2.75) is 0 Å². The van der Waals surface area contributed by atoms with Crippen molar-refractivity contribution in [3.63, 3.8) is 0 Å². The Balaban J connectivity index is 2.22. The van der Waals surface area contributed by atoms with E-state index in [1.807, 2.05) is 0 Å². The summed E-state index contributed by atoms with van der Waals surface area (Å²) < 4.78 is 12.7. The molecular formula is C16H11FO4. The molecule has 0 aliphatic heterocycles. The molecular weight excluding hydrogens is 275 g/mol. The number of phenols is 1. The van der Waals surface area contributed by atoms with E-state index >= 15 is 0 Å². The molecule has 0 fully saturated rings. The number of carboxylic acids is 1. The van der Waals surface area contributed by atoms with Gasteiger partial charge in [-0.05, 0) is 42.0 Å². The van der Waals surface area contributed by atoms with E-state index in [4.69, 9.17) is 5.11 Å². The van der Waals surface area contributed by atoms with Gasteiger partial charge >= 0.3 is 5.97 Å². The Morgan fingerprint density at radius 3 is 2.33 bits per heavy atom. The number of hydrogen-bond acceptors (Lipinski definition) is 3. The maximum atomic E-state index is 12.7. The number of hydrogen-bond donors (Lipinski definition) is 2. The predicted molar refractivity (Wildman–Crippen MR) is 74.8 cm³/mol. The van der Waals surface area contributed by atoms with Crippen LogP contribution in [0.1, 0.15) is 26.3 Å². The second-order valence-corrected chi connectivity index (χ2v) is 4.29. The molecule has 5 heteroatoms. The van der Waals surface area contributed by atoms with Gasteiger partial charge in [-0.3, -0.25) is 4.79 Å². The maximum Gasteiger partial charge on any atom is 0.339 e. The molecule has 0 heterocycles. The Labute approximate surface area is 119 Å². The van der Waals surface area contributed by atoms with Gasteiger partial charge in [0.15, 0.2) is 5.78 Å². The van der Waals surface area contributed by atoms with Crippen LogP contribution in [0.4, 0.5) is 4.39 Å². The Morgan fingerprint density at radius 1 is 1.05 bits per heavy atom. The Hall–Kier alpha value is -2.95. The summed E-state index contributed by atoms with van der Waals surface area (Å²) in [6.45, 7) is 0. The van der Waals surface area contributed by atoms with Crippen LogP contribution >= 0.6 is 0 Å². The third-order valence-corrected chi connectivity index (χ3v) is 2.81. The van der Waals surface area contributed by atoms with Gasteiger partial charge in [0.2, 0.25) is 0 Å². The van der Waals surface area contributed by atoms with Gasteiger partial charge in [-0.2, -0.15) is 0 Å². The summed E-state index contributed by atoms with van der Waals surface area (Å²) in [5.74, 6) is -2.50. The second kappa shape index (κ2) is 6.00. The van der Waals surface area contributed by atoms with E-state index in [9.17, 15) is 19.1 Å². The van der Waals surface area contributed by atoms with E-state index in [2.05, 4.69) is 0 Å². The van der Waals surface area contributed by atoms with Gasteiger partial charge in [-0.25, -0.2) is 9.18 Å². The highest BCUT2D eigenvalue weighted by Gasteiger charge is 2.12. The molecule has 2 aromatic carbocycles. The number of ketones is 1. The van der Waals surface area contributed by atoms with E-state index in [1.54, 1.807) is 0 Å². The van der Waals surface area contributed by atoms with Gasteiger partial charge in [0.05, 0.1) is 0 Å². The van der Waals surface area contributed by atoms with Crippen LogP contribution in [0, 0.1) is 5.82 Å². The molecule has 0 aliphatic carbocycles. The largest absolute Gasteiger partial charge is 0.507 e. The van der Waals surface area contributed by atoms with E-state index in [1.165, 1.54) is 42.5 Å². The molecule has 0 saturated heterocycles. The summed E-state index contributed by atoms with van der Waals surface area (Å²) in [6.07, 6.45) is 2.75. The van der Waals surface area contributed by atoms with E-state index in [0.29, 0.717) is 5.56 Å². The smallest absolute Gasteiger partial charge is 0.339 e. The number of carbonyl (C=O) groups excluding carboxylic acids is 1. The lowest BCUT2D eigenvalue weighted by Crippen LogP contribution is -2.01. The van der Waals surface area contributed by atoms with Gasteiger partial charge in [0, 0.05) is 5.56 Å². The molecule has 0 amide bonds. The minimum Gasteiger partial charge on any atom is -0.507 e. The third-order valence-electron chi connectivity index (χ3n) is 2.81. The summed E-state index contributed by atoms with van der Waals surface area (Å²) in [7, 11) is 0. The number of aromatic carboxylic acids is 1. The molecule has 0 atom stereocenters. The molecule has 2 aromatic rings. The number of aromatic hydroxyl groups is 1. The van der Waals surface area contributed by atoms with Crippen molar-refractivity contribution in [1.82, 2.24) is 0 Å². The zero-order valence-electron chi connectivity index (χ0n) is 10.8. The molecule has 0 spiro atoms. The molecule has 0 saturated carbocycles. The molecule has 4 nitrogen and oxygen atoms in total. The van der Waals surface area contributed by atoms with Crippen LogP contribution in [0.25, 0.3) is 6.08 Å². The lowest BCUT2D eigenvalue weighted by atomic mass is 10.1. The standard InChI is InChI=1S/C16H11FO4/c17-12-5-1-10(2-6-12)3-7-14(18)11-4-8-15(19)13(9-11)16(20)21/h1-9,19H,(H,20,21). The van der Waals surface area contributed by atoms with E-state index < -0.39 is 17.5 Å². The molecule has 0 radical (unpaired) electrons. The molecule has 0 aliphatic rings. The van der Waals surface area contributed by atoms with E-state index in [0.717, 1.165) is 12.1 Å². The minimum absolute atomic E-state index is 0.142. The highest BCUT2D eigenvalue weighted by Crippen LogP contribution is 2.19. The number of halogens is 1. The first kappa shape index (κ1) is 14.5. The topological polar surface area (TPSA) is 74.6 Å². The van der Waals surface area contributed by atoms with Crippen molar-refractivity contribution in [1.29, 1.82) is 0 Å². The minimum atomic E-state index is -1.32. The van der Waals surface area contributed by atoms with Crippen LogP contribution in [0.5, 0.6) is 5.75 Å². The van der Waals surface area contributed by atoms with Gasteiger partial charge < -0.3 is 10.2 Å². The predicted octanol–water partition coefficient (Wildman–Crippen LogP) is 3.13. The van der Waals surface area contributed by atoms with Crippen LogP contribution in [0.3, 0.4) is 0 Å². The highest BCUT2D eigenvalue weighted by atomic mass is 19.1. The number of rotatable bonds is 4. The number of allylic oxidation sites excluding steroid dienone is 1. The first-order valence-corrected chi connectivity index (χ1v) is 6.01. The average molecular weight is 286 g/mol. The summed E-state index contributed by atoms with van der Waals surface area (Å²) in [6, 6.07) is 9.16. The summed E-state index contributed by atoms with van der Waals surface area (Å²) >= 11 is 0. The quantitative estimate of drug-likeness (QED) is 0.669. The molecule has 2 N–H and O–H groups in total. The van der Waals surface area contributed by atoms with Crippen molar-refractivity contribution in [2.75, 3.05) is 0 Å². The average Bonchev–Trinajstić information content (AvgIpc) is 2.46. The zero-order valence-corrected chi connectivity index (χ0v) is 10.8. The molecule has 0 aromatic heterocycles. The number of benzene rings is 2. The van der Waals surface area contributed by atoms with Gasteiger partial charge in [0.25, 0.3) is 0 Å². The van der Waals surface area contributed by atoms with Crippen molar-refractivity contribution in [3.8, 4) is 5.75 Å². The van der Waals surface area contributed by atoms with Crippen LogP contribution in [0.15, 0.2) is 48.5 Å². The molecule has 2 rings (SSSR count). The number of carbonyl (C=O) groups is 2. The Bertz CT molecular complexity index is 718. The number of carboxylic acid groups (broad SMARTS) is 1. The normalized spacial score (nSPS) is 10.7.